The maximum atomic E-state index is 13.2. The van der Waals surface area contributed by atoms with Crippen molar-refractivity contribution < 1.29 is 14.3 Å². The first-order valence-corrected chi connectivity index (χ1v) is 10.3. The number of anilines is 1. The van der Waals surface area contributed by atoms with Gasteiger partial charge in [0.2, 0.25) is 11.8 Å². The Morgan fingerprint density at radius 1 is 0.963 bits per heavy atom. The molecule has 1 aromatic carbocycles. The van der Waals surface area contributed by atoms with E-state index in [0.717, 1.165) is 63.1 Å². The second-order valence-corrected chi connectivity index (χ2v) is 8.66. The Bertz CT molecular complexity index is 712. The fraction of sp³-hybridized carbons (Fsp3) is 0.636. The van der Waals surface area contributed by atoms with Crippen LogP contribution in [0, 0.1) is 10.8 Å². The summed E-state index contributed by atoms with van der Waals surface area (Å²) < 4.78 is 5.65. The molecular weight excluding hydrogens is 340 g/mol. The van der Waals surface area contributed by atoms with Crippen molar-refractivity contribution in [1.29, 1.82) is 0 Å². The zero-order chi connectivity index (χ0) is 19.1. The standard InChI is InChI=1S/C22H30N2O3/c1-16(2)27-18-8-6-17(7-9-18)23-19(25)21(10-11-21)22(12-13-22)20(26)24-14-4-3-5-15-24/h6-9,16H,3-5,10-15H2,1-2H3,(H,23,25). The molecular formula is C22H30N2O3. The highest BCUT2D eigenvalue weighted by Gasteiger charge is 2.73. The van der Waals surface area contributed by atoms with Crippen molar-refractivity contribution in [3.05, 3.63) is 24.3 Å². The van der Waals surface area contributed by atoms with Gasteiger partial charge in [-0.25, -0.2) is 0 Å². The largest absolute Gasteiger partial charge is 0.491 e. The zero-order valence-electron chi connectivity index (χ0n) is 16.4. The van der Waals surface area contributed by atoms with Crippen LogP contribution < -0.4 is 10.1 Å². The van der Waals surface area contributed by atoms with Gasteiger partial charge in [0.1, 0.15) is 5.75 Å². The molecule has 3 fully saturated rings. The maximum absolute atomic E-state index is 13.2. The number of likely N-dealkylation sites (tertiary alicyclic amines) is 1. The number of amides is 2. The third-order valence-corrected chi connectivity index (χ3v) is 6.39. The Morgan fingerprint density at radius 2 is 1.56 bits per heavy atom. The van der Waals surface area contributed by atoms with Crippen LogP contribution >= 0.6 is 0 Å². The smallest absolute Gasteiger partial charge is 0.231 e. The predicted molar refractivity (Wildman–Crippen MR) is 105 cm³/mol. The van der Waals surface area contributed by atoms with Crippen LogP contribution in [0.2, 0.25) is 0 Å². The Balaban J connectivity index is 1.44. The van der Waals surface area contributed by atoms with Gasteiger partial charge < -0.3 is 15.0 Å². The molecule has 1 N–H and O–H groups in total. The number of hydrogen-bond acceptors (Lipinski definition) is 3. The van der Waals surface area contributed by atoms with E-state index in [1.165, 1.54) is 6.42 Å². The predicted octanol–water partition coefficient (Wildman–Crippen LogP) is 3.99. The first-order chi connectivity index (χ1) is 13.0. The van der Waals surface area contributed by atoms with Gasteiger partial charge in [-0.1, -0.05) is 0 Å². The van der Waals surface area contributed by atoms with Crippen LogP contribution in [0.25, 0.3) is 0 Å². The SMILES string of the molecule is CC(C)Oc1ccc(NC(=O)C2(C3(C(=O)N4CCCCC4)CC3)CC2)cc1. The molecule has 0 atom stereocenters. The summed E-state index contributed by atoms with van der Waals surface area (Å²) in [5.74, 6) is 1.04. The maximum Gasteiger partial charge on any atom is 0.231 e. The van der Waals surface area contributed by atoms with Crippen molar-refractivity contribution in [2.24, 2.45) is 10.8 Å². The number of carbonyl (C=O) groups is 2. The minimum absolute atomic E-state index is 0.0166. The van der Waals surface area contributed by atoms with Crippen molar-refractivity contribution in [2.75, 3.05) is 18.4 Å². The van der Waals surface area contributed by atoms with Crippen molar-refractivity contribution in [3.8, 4) is 5.75 Å². The second kappa shape index (κ2) is 6.84. The summed E-state index contributed by atoms with van der Waals surface area (Å²) in [6.07, 6.45) is 6.88. The summed E-state index contributed by atoms with van der Waals surface area (Å²) >= 11 is 0. The molecule has 3 aliphatic rings. The topological polar surface area (TPSA) is 58.6 Å². The quantitative estimate of drug-likeness (QED) is 0.824. The first-order valence-electron chi connectivity index (χ1n) is 10.3. The van der Waals surface area contributed by atoms with E-state index >= 15 is 0 Å². The van der Waals surface area contributed by atoms with E-state index in [4.69, 9.17) is 4.74 Å². The van der Waals surface area contributed by atoms with E-state index < -0.39 is 10.8 Å². The summed E-state index contributed by atoms with van der Waals surface area (Å²) in [4.78, 5) is 28.3. The van der Waals surface area contributed by atoms with E-state index in [1.54, 1.807) is 0 Å². The number of ether oxygens (including phenoxy) is 1. The molecule has 2 saturated carbocycles. The highest BCUT2D eigenvalue weighted by Crippen LogP contribution is 2.71. The summed E-state index contributed by atoms with van der Waals surface area (Å²) in [6, 6.07) is 7.50. The number of carbonyl (C=O) groups excluding carboxylic acids is 2. The van der Waals surface area contributed by atoms with E-state index in [2.05, 4.69) is 5.32 Å². The van der Waals surface area contributed by atoms with E-state index in [-0.39, 0.29) is 17.9 Å². The Labute approximate surface area is 161 Å². The lowest BCUT2D eigenvalue weighted by Crippen LogP contribution is -2.47. The van der Waals surface area contributed by atoms with Gasteiger partial charge in [0, 0.05) is 18.8 Å². The lowest BCUT2D eigenvalue weighted by Gasteiger charge is -2.34. The zero-order valence-corrected chi connectivity index (χ0v) is 16.4. The van der Waals surface area contributed by atoms with Crippen LogP contribution in [0.5, 0.6) is 5.75 Å². The van der Waals surface area contributed by atoms with Gasteiger partial charge >= 0.3 is 0 Å². The molecule has 1 heterocycles. The Hall–Kier alpha value is -2.04. The lowest BCUT2D eigenvalue weighted by molar-refractivity contribution is -0.144. The molecule has 1 saturated heterocycles. The van der Waals surface area contributed by atoms with Crippen LogP contribution in [0.1, 0.15) is 58.8 Å². The van der Waals surface area contributed by atoms with Gasteiger partial charge in [-0.3, -0.25) is 9.59 Å². The monoisotopic (exact) mass is 370 g/mol. The third-order valence-electron chi connectivity index (χ3n) is 6.39. The molecule has 5 heteroatoms. The molecule has 5 nitrogen and oxygen atoms in total. The number of nitrogens with one attached hydrogen (secondary N) is 1. The van der Waals surface area contributed by atoms with Gasteiger partial charge in [-0.05, 0) is 83.1 Å². The summed E-state index contributed by atoms with van der Waals surface area (Å²) in [5.41, 5.74) is -0.160. The highest BCUT2D eigenvalue weighted by molar-refractivity contribution is 6.03. The Kier molecular flexibility index (Phi) is 4.65. The van der Waals surface area contributed by atoms with Crippen LogP contribution in [0.4, 0.5) is 5.69 Å². The average Bonchev–Trinajstić information content (AvgIpc) is 3.55. The van der Waals surface area contributed by atoms with Crippen molar-refractivity contribution in [1.82, 2.24) is 4.90 Å². The minimum Gasteiger partial charge on any atom is -0.491 e. The number of piperidine rings is 1. The molecule has 0 unspecified atom stereocenters. The van der Waals surface area contributed by atoms with Gasteiger partial charge in [-0.15, -0.1) is 0 Å². The molecule has 146 valence electrons. The third kappa shape index (κ3) is 3.32. The molecule has 27 heavy (non-hydrogen) atoms. The van der Waals surface area contributed by atoms with E-state index in [1.807, 2.05) is 43.0 Å². The number of benzene rings is 1. The molecule has 0 radical (unpaired) electrons. The molecule has 4 rings (SSSR count). The number of nitrogens with zero attached hydrogens (tertiary/aromatic N) is 1. The highest BCUT2D eigenvalue weighted by atomic mass is 16.5. The molecule has 2 amide bonds. The fourth-order valence-electron chi connectivity index (χ4n) is 4.61. The fourth-order valence-corrected chi connectivity index (χ4v) is 4.61. The minimum atomic E-state index is -0.491. The molecule has 1 aliphatic heterocycles. The summed E-state index contributed by atoms with van der Waals surface area (Å²) in [7, 11) is 0. The molecule has 0 aromatic heterocycles. The van der Waals surface area contributed by atoms with Crippen LogP contribution in [0.15, 0.2) is 24.3 Å². The van der Waals surface area contributed by atoms with Crippen LogP contribution in [0.3, 0.4) is 0 Å². The van der Waals surface area contributed by atoms with Crippen LogP contribution in [-0.4, -0.2) is 35.9 Å². The average molecular weight is 370 g/mol. The van der Waals surface area contributed by atoms with Crippen molar-refractivity contribution in [2.45, 2.75) is 64.9 Å². The normalized spacial score (nSPS) is 22.3. The number of hydrogen-bond donors (Lipinski definition) is 1. The Morgan fingerprint density at radius 3 is 2.07 bits per heavy atom. The van der Waals surface area contributed by atoms with Crippen molar-refractivity contribution in [3.63, 3.8) is 0 Å². The molecule has 0 spiro atoms. The van der Waals surface area contributed by atoms with Gasteiger partial charge in [0.25, 0.3) is 0 Å². The molecule has 2 aliphatic carbocycles. The van der Waals surface area contributed by atoms with Crippen molar-refractivity contribution >= 4 is 17.5 Å². The molecule has 0 bridgehead atoms. The molecule has 1 aromatic rings. The second-order valence-electron chi connectivity index (χ2n) is 8.66. The van der Waals surface area contributed by atoms with Crippen LogP contribution in [-0.2, 0) is 9.59 Å². The summed E-state index contributed by atoms with van der Waals surface area (Å²) in [6.45, 7) is 5.69. The van der Waals surface area contributed by atoms with Gasteiger partial charge in [0.05, 0.1) is 16.9 Å². The summed E-state index contributed by atoms with van der Waals surface area (Å²) in [5, 5.41) is 3.06. The van der Waals surface area contributed by atoms with E-state index in [9.17, 15) is 9.59 Å². The van der Waals surface area contributed by atoms with Gasteiger partial charge in [-0.2, -0.15) is 0 Å². The first kappa shape index (κ1) is 18.3. The van der Waals surface area contributed by atoms with E-state index in [0.29, 0.717) is 0 Å². The lowest BCUT2D eigenvalue weighted by atomic mass is 9.82. The van der Waals surface area contributed by atoms with Gasteiger partial charge in [0.15, 0.2) is 0 Å². The number of rotatable bonds is 6.